The van der Waals surface area contributed by atoms with E-state index in [1.165, 1.54) is 6.92 Å². The number of nitrogens with zero attached hydrogens (tertiary/aromatic N) is 3. The summed E-state index contributed by atoms with van der Waals surface area (Å²) in [6.45, 7) is 1.34. The molecule has 2 N–H and O–H groups in total. The van der Waals surface area contributed by atoms with Crippen molar-refractivity contribution < 1.29 is 9.90 Å². The first kappa shape index (κ1) is 14.6. The standard InChI is InChI=1S/C17H14N4O2/c1-11(22)15(16(23)12-6-3-2-4-7-12)21-20-14-10-19-17-13(14)8-5-9-18-17/h2-10,23H,1H3,(H,18,19)/b16-15-,21-20?. The average molecular weight is 306 g/mol. The lowest BCUT2D eigenvalue weighted by Crippen LogP contribution is -1.98. The van der Waals surface area contributed by atoms with Crippen molar-refractivity contribution in [2.75, 3.05) is 0 Å². The number of hydrogen-bond donors (Lipinski definition) is 2. The van der Waals surface area contributed by atoms with Gasteiger partial charge in [-0.15, -0.1) is 10.2 Å². The van der Waals surface area contributed by atoms with Crippen LogP contribution >= 0.6 is 0 Å². The minimum atomic E-state index is -0.368. The fraction of sp³-hybridized carbons (Fsp3) is 0.0588. The van der Waals surface area contributed by atoms with Crippen molar-refractivity contribution in [1.82, 2.24) is 9.97 Å². The number of aromatic nitrogens is 2. The maximum atomic E-state index is 11.8. The molecule has 0 unspecified atom stereocenters. The largest absolute Gasteiger partial charge is 0.505 e. The van der Waals surface area contributed by atoms with Crippen LogP contribution < -0.4 is 0 Å². The summed E-state index contributed by atoms with van der Waals surface area (Å²) in [6, 6.07) is 12.4. The second-order valence-electron chi connectivity index (χ2n) is 4.89. The van der Waals surface area contributed by atoms with Gasteiger partial charge in [0, 0.05) is 30.3 Å². The number of H-pyrrole nitrogens is 1. The summed E-state index contributed by atoms with van der Waals surface area (Å²) in [6.07, 6.45) is 3.32. The summed E-state index contributed by atoms with van der Waals surface area (Å²) in [7, 11) is 0. The lowest BCUT2D eigenvalue weighted by molar-refractivity contribution is -0.113. The van der Waals surface area contributed by atoms with Gasteiger partial charge < -0.3 is 10.1 Å². The van der Waals surface area contributed by atoms with E-state index in [0.717, 1.165) is 5.39 Å². The Morgan fingerprint density at radius 1 is 1.17 bits per heavy atom. The van der Waals surface area contributed by atoms with Gasteiger partial charge in [0.05, 0.1) is 0 Å². The van der Waals surface area contributed by atoms with Gasteiger partial charge in [-0.05, 0) is 12.1 Å². The second-order valence-corrected chi connectivity index (χ2v) is 4.89. The summed E-state index contributed by atoms with van der Waals surface area (Å²) in [5, 5.41) is 19.1. The predicted octanol–water partition coefficient (Wildman–Crippen LogP) is 4.16. The molecule has 0 amide bonds. The van der Waals surface area contributed by atoms with Gasteiger partial charge in [-0.25, -0.2) is 4.98 Å². The van der Waals surface area contributed by atoms with Crippen molar-refractivity contribution in [3.63, 3.8) is 0 Å². The van der Waals surface area contributed by atoms with Crippen molar-refractivity contribution in [2.24, 2.45) is 10.2 Å². The zero-order chi connectivity index (χ0) is 16.2. The quantitative estimate of drug-likeness (QED) is 0.430. The minimum Gasteiger partial charge on any atom is -0.505 e. The molecule has 3 aromatic rings. The number of allylic oxidation sites excluding steroid dienone is 1. The van der Waals surface area contributed by atoms with Crippen LogP contribution in [0.4, 0.5) is 5.69 Å². The Hall–Kier alpha value is -3.28. The van der Waals surface area contributed by atoms with Crippen molar-refractivity contribution in [3.05, 3.63) is 66.1 Å². The maximum Gasteiger partial charge on any atom is 0.183 e. The molecule has 0 aliphatic rings. The average Bonchev–Trinajstić information content (AvgIpc) is 2.99. The number of fused-ring (bicyclic) bond motifs is 1. The van der Waals surface area contributed by atoms with Gasteiger partial charge >= 0.3 is 0 Å². The van der Waals surface area contributed by atoms with E-state index in [4.69, 9.17) is 0 Å². The SMILES string of the molecule is CC(=O)/C(N=Nc1c[nH]c2ncccc12)=C(/O)c1ccccc1. The number of aromatic amines is 1. The fourth-order valence-corrected chi connectivity index (χ4v) is 2.15. The lowest BCUT2D eigenvalue weighted by atomic mass is 10.1. The van der Waals surface area contributed by atoms with Gasteiger partial charge in [0.1, 0.15) is 11.3 Å². The van der Waals surface area contributed by atoms with E-state index in [1.807, 2.05) is 12.1 Å². The molecule has 0 atom stereocenters. The van der Waals surface area contributed by atoms with Crippen LogP contribution in [0.1, 0.15) is 12.5 Å². The van der Waals surface area contributed by atoms with Gasteiger partial charge in [0.15, 0.2) is 17.2 Å². The van der Waals surface area contributed by atoms with Crippen molar-refractivity contribution in [1.29, 1.82) is 0 Å². The molecule has 114 valence electrons. The molecule has 2 heterocycles. The van der Waals surface area contributed by atoms with Gasteiger partial charge in [0.25, 0.3) is 0 Å². The third kappa shape index (κ3) is 3.01. The van der Waals surface area contributed by atoms with Crippen LogP contribution in [0.2, 0.25) is 0 Å². The number of carbonyl (C=O) groups is 1. The minimum absolute atomic E-state index is 0.0885. The highest BCUT2D eigenvalue weighted by atomic mass is 16.3. The van der Waals surface area contributed by atoms with E-state index >= 15 is 0 Å². The molecule has 3 rings (SSSR count). The van der Waals surface area contributed by atoms with E-state index in [9.17, 15) is 9.90 Å². The van der Waals surface area contributed by atoms with E-state index in [-0.39, 0.29) is 17.2 Å². The van der Waals surface area contributed by atoms with E-state index in [2.05, 4.69) is 20.2 Å². The number of azo groups is 1. The Balaban J connectivity index is 2.02. The molecule has 0 spiro atoms. The highest BCUT2D eigenvalue weighted by molar-refractivity contribution is 5.99. The first-order valence-corrected chi connectivity index (χ1v) is 7.00. The first-order valence-electron chi connectivity index (χ1n) is 7.00. The van der Waals surface area contributed by atoms with Crippen LogP contribution in [0.5, 0.6) is 0 Å². The summed E-state index contributed by atoms with van der Waals surface area (Å²) < 4.78 is 0. The molecule has 2 aromatic heterocycles. The number of hydrogen-bond acceptors (Lipinski definition) is 5. The van der Waals surface area contributed by atoms with Gasteiger partial charge in [-0.2, -0.15) is 0 Å². The van der Waals surface area contributed by atoms with E-state index in [0.29, 0.717) is 16.9 Å². The van der Waals surface area contributed by atoms with Crippen LogP contribution in [0.3, 0.4) is 0 Å². The van der Waals surface area contributed by atoms with Crippen LogP contribution in [0, 0.1) is 0 Å². The summed E-state index contributed by atoms with van der Waals surface area (Å²) in [5.74, 6) is -0.562. The molecule has 6 heteroatoms. The number of pyridine rings is 1. The highest BCUT2D eigenvalue weighted by Crippen LogP contribution is 2.26. The number of carbonyl (C=O) groups excluding carboxylic acids is 1. The van der Waals surface area contributed by atoms with Gasteiger partial charge in [-0.3, -0.25) is 4.79 Å². The smallest absolute Gasteiger partial charge is 0.183 e. The Morgan fingerprint density at radius 3 is 2.70 bits per heavy atom. The third-order valence-electron chi connectivity index (χ3n) is 3.29. The molecule has 0 fully saturated rings. The molecule has 0 aliphatic heterocycles. The molecule has 0 radical (unpaired) electrons. The topological polar surface area (TPSA) is 90.7 Å². The Morgan fingerprint density at radius 2 is 1.96 bits per heavy atom. The molecule has 0 saturated carbocycles. The highest BCUT2D eigenvalue weighted by Gasteiger charge is 2.13. The summed E-state index contributed by atoms with van der Waals surface area (Å²) >= 11 is 0. The molecule has 1 aromatic carbocycles. The van der Waals surface area contributed by atoms with Crippen LogP contribution in [-0.4, -0.2) is 20.9 Å². The van der Waals surface area contributed by atoms with Crippen LogP contribution in [-0.2, 0) is 4.79 Å². The van der Waals surface area contributed by atoms with Crippen molar-refractivity contribution in [2.45, 2.75) is 6.92 Å². The van der Waals surface area contributed by atoms with Gasteiger partial charge in [-0.1, -0.05) is 30.3 Å². The molecule has 0 saturated heterocycles. The monoisotopic (exact) mass is 306 g/mol. The molecule has 0 bridgehead atoms. The predicted molar refractivity (Wildman–Crippen MR) is 87.3 cm³/mol. The van der Waals surface area contributed by atoms with Crippen molar-refractivity contribution >= 4 is 28.3 Å². The number of ketones is 1. The van der Waals surface area contributed by atoms with Crippen molar-refractivity contribution in [3.8, 4) is 0 Å². The number of aliphatic hydroxyl groups excluding tert-OH is 1. The molecular weight excluding hydrogens is 292 g/mol. The summed E-state index contributed by atoms with van der Waals surface area (Å²) in [5.41, 5.74) is 1.65. The molecule has 6 nitrogen and oxygen atoms in total. The zero-order valence-electron chi connectivity index (χ0n) is 12.4. The van der Waals surface area contributed by atoms with Crippen LogP contribution in [0.15, 0.2) is 70.8 Å². The molecular formula is C17H14N4O2. The number of rotatable bonds is 4. The summed E-state index contributed by atoms with van der Waals surface area (Å²) in [4.78, 5) is 18.9. The maximum absolute atomic E-state index is 11.8. The van der Waals surface area contributed by atoms with E-state index in [1.54, 1.807) is 42.7 Å². The number of Topliss-reactive ketones (excluding diaryl/α,β-unsaturated/α-hetero) is 1. The van der Waals surface area contributed by atoms with E-state index < -0.39 is 0 Å². The lowest BCUT2D eigenvalue weighted by Gasteiger charge is -2.02. The molecule has 0 aliphatic carbocycles. The Kier molecular flexibility index (Phi) is 3.97. The van der Waals surface area contributed by atoms with Crippen LogP contribution in [0.25, 0.3) is 16.8 Å². The molecule has 23 heavy (non-hydrogen) atoms. The number of benzene rings is 1. The zero-order valence-corrected chi connectivity index (χ0v) is 12.4. The first-order chi connectivity index (χ1) is 11.2. The Bertz CT molecular complexity index is 911. The fourth-order valence-electron chi connectivity index (χ4n) is 2.15. The third-order valence-corrected chi connectivity index (χ3v) is 3.29. The normalized spacial score (nSPS) is 12.6. The Labute approximate surface area is 132 Å². The second kappa shape index (κ2) is 6.23. The van der Waals surface area contributed by atoms with Gasteiger partial charge in [0.2, 0.25) is 0 Å². The number of nitrogens with one attached hydrogen (secondary N) is 1. The number of aliphatic hydroxyl groups is 1.